The average Bonchev–Trinajstić information content (AvgIpc) is 2.76. The standard InChI is InChI=1S/C23H28N6O/c1-16(2)22(28-21(30)6-5-17-7-11-24-12-8-17)19-15-20(29(3)4)27-23(26-19)18-9-13-25-14-10-18/h7-16,22H,5-6H2,1-4H3,(H,28,30)/t22-/m1/s1. The van der Waals surface area contributed by atoms with Gasteiger partial charge in [0, 0.05) is 56.9 Å². The molecule has 0 aliphatic rings. The van der Waals surface area contributed by atoms with E-state index in [1.165, 1.54) is 0 Å². The van der Waals surface area contributed by atoms with Gasteiger partial charge in [0.1, 0.15) is 5.82 Å². The van der Waals surface area contributed by atoms with E-state index in [-0.39, 0.29) is 17.9 Å². The minimum absolute atomic E-state index is 0.000915. The van der Waals surface area contributed by atoms with E-state index in [0.29, 0.717) is 18.7 Å². The van der Waals surface area contributed by atoms with E-state index < -0.39 is 0 Å². The topological polar surface area (TPSA) is 83.9 Å². The third kappa shape index (κ3) is 5.59. The number of amides is 1. The summed E-state index contributed by atoms with van der Waals surface area (Å²) in [4.78, 5) is 32.2. The number of aromatic nitrogens is 4. The molecule has 7 heteroatoms. The van der Waals surface area contributed by atoms with E-state index in [1.54, 1.807) is 24.8 Å². The van der Waals surface area contributed by atoms with Crippen LogP contribution in [-0.2, 0) is 11.2 Å². The van der Waals surface area contributed by atoms with Crippen LogP contribution in [0.4, 0.5) is 5.82 Å². The number of aryl methyl sites for hydroxylation is 1. The summed E-state index contributed by atoms with van der Waals surface area (Å²) in [5.41, 5.74) is 2.78. The molecule has 0 saturated carbocycles. The number of hydrogen-bond donors (Lipinski definition) is 1. The molecule has 1 N–H and O–H groups in total. The first-order valence-electron chi connectivity index (χ1n) is 10.1. The monoisotopic (exact) mass is 404 g/mol. The highest BCUT2D eigenvalue weighted by Gasteiger charge is 2.22. The molecular weight excluding hydrogens is 376 g/mol. The Kier molecular flexibility index (Phi) is 7.06. The molecule has 0 unspecified atom stereocenters. The van der Waals surface area contributed by atoms with E-state index >= 15 is 0 Å². The van der Waals surface area contributed by atoms with Crippen LogP contribution in [-0.4, -0.2) is 39.9 Å². The van der Waals surface area contributed by atoms with Gasteiger partial charge in [-0.1, -0.05) is 13.8 Å². The zero-order chi connectivity index (χ0) is 21.5. The lowest BCUT2D eigenvalue weighted by Gasteiger charge is -2.24. The van der Waals surface area contributed by atoms with E-state index in [4.69, 9.17) is 4.98 Å². The van der Waals surface area contributed by atoms with Crippen LogP contribution in [0.15, 0.2) is 55.1 Å². The van der Waals surface area contributed by atoms with Gasteiger partial charge in [0.05, 0.1) is 11.7 Å². The van der Waals surface area contributed by atoms with Crippen LogP contribution in [0.2, 0.25) is 0 Å². The number of carbonyl (C=O) groups excluding carboxylic acids is 1. The summed E-state index contributed by atoms with van der Waals surface area (Å²) < 4.78 is 0. The molecule has 0 saturated heterocycles. The Morgan fingerprint density at radius 3 is 2.23 bits per heavy atom. The van der Waals surface area contributed by atoms with Gasteiger partial charge in [-0.15, -0.1) is 0 Å². The fourth-order valence-corrected chi connectivity index (χ4v) is 3.11. The lowest BCUT2D eigenvalue weighted by molar-refractivity contribution is -0.122. The van der Waals surface area contributed by atoms with Crippen molar-refractivity contribution in [3.8, 4) is 11.4 Å². The van der Waals surface area contributed by atoms with Crippen molar-refractivity contribution < 1.29 is 4.79 Å². The van der Waals surface area contributed by atoms with Crippen LogP contribution in [0, 0.1) is 5.92 Å². The van der Waals surface area contributed by atoms with Crippen molar-refractivity contribution in [3.05, 3.63) is 66.4 Å². The van der Waals surface area contributed by atoms with Crippen molar-refractivity contribution in [1.82, 2.24) is 25.3 Å². The molecule has 0 fully saturated rings. The minimum Gasteiger partial charge on any atom is -0.363 e. The maximum Gasteiger partial charge on any atom is 0.220 e. The summed E-state index contributed by atoms with van der Waals surface area (Å²) in [5, 5.41) is 3.17. The molecule has 1 atom stereocenters. The van der Waals surface area contributed by atoms with Crippen molar-refractivity contribution in [1.29, 1.82) is 0 Å². The van der Waals surface area contributed by atoms with E-state index in [2.05, 4.69) is 34.1 Å². The van der Waals surface area contributed by atoms with Gasteiger partial charge in [-0.3, -0.25) is 14.8 Å². The van der Waals surface area contributed by atoms with Crippen molar-refractivity contribution >= 4 is 11.7 Å². The summed E-state index contributed by atoms with van der Waals surface area (Å²) in [6.07, 6.45) is 8.02. The highest BCUT2D eigenvalue weighted by molar-refractivity contribution is 5.76. The predicted octanol–water partition coefficient (Wildman–Crippen LogP) is 3.45. The highest BCUT2D eigenvalue weighted by atomic mass is 16.1. The first-order valence-corrected chi connectivity index (χ1v) is 10.1. The van der Waals surface area contributed by atoms with Gasteiger partial charge >= 0.3 is 0 Å². The maximum atomic E-state index is 12.7. The molecule has 30 heavy (non-hydrogen) atoms. The van der Waals surface area contributed by atoms with Crippen LogP contribution in [0.3, 0.4) is 0 Å². The Morgan fingerprint density at radius 1 is 1.00 bits per heavy atom. The van der Waals surface area contributed by atoms with Crippen molar-refractivity contribution in [2.24, 2.45) is 5.92 Å². The molecule has 0 aliphatic carbocycles. The first-order chi connectivity index (χ1) is 14.4. The predicted molar refractivity (Wildman–Crippen MR) is 118 cm³/mol. The fraction of sp³-hybridized carbons (Fsp3) is 0.348. The molecule has 0 radical (unpaired) electrons. The lowest BCUT2D eigenvalue weighted by atomic mass is 9.99. The zero-order valence-corrected chi connectivity index (χ0v) is 17.9. The summed E-state index contributed by atoms with van der Waals surface area (Å²) in [6, 6.07) is 9.37. The molecule has 0 spiro atoms. The van der Waals surface area contributed by atoms with Crippen molar-refractivity contribution in [2.45, 2.75) is 32.7 Å². The van der Waals surface area contributed by atoms with E-state index in [0.717, 1.165) is 22.6 Å². The molecule has 0 bridgehead atoms. The molecule has 7 nitrogen and oxygen atoms in total. The molecule has 0 aliphatic heterocycles. The molecule has 156 valence electrons. The Bertz CT molecular complexity index is 960. The Balaban J connectivity index is 1.84. The third-order valence-electron chi connectivity index (χ3n) is 4.82. The second kappa shape index (κ2) is 9.91. The molecule has 0 aromatic carbocycles. The summed E-state index contributed by atoms with van der Waals surface area (Å²) >= 11 is 0. The number of hydrogen-bond acceptors (Lipinski definition) is 6. The van der Waals surface area contributed by atoms with E-state index in [9.17, 15) is 4.79 Å². The summed E-state index contributed by atoms with van der Waals surface area (Å²) in [7, 11) is 3.89. The number of rotatable bonds is 8. The van der Waals surface area contributed by atoms with Gasteiger partial charge in [0.15, 0.2) is 5.82 Å². The SMILES string of the molecule is CC(C)[C@@H](NC(=O)CCc1ccncc1)c1cc(N(C)C)nc(-c2ccncc2)n1. The first kappa shape index (κ1) is 21.4. The minimum atomic E-state index is -0.211. The maximum absolute atomic E-state index is 12.7. The van der Waals surface area contributed by atoms with Gasteiger partial charge in [-0.25, -0.2) is 9.97 Å². The average molecular weight is 405 g/mol. The summed E-state index contributed by atoms with van der Waals surface area (Å²) in [6.45, 7) is 4.16. The Morgan fingerprint density at radius 2 is 1.63 bits per heavy atom. The highest BCUT2D eigenvalue weighted by Crippen LogP contribution is 2.26. The van der Waals surface area contributed by atoms with Crippen LogP contribution in [0.5, 0.6) is 0 Å². The van der Waals surface area contributed by atoms with Crippen molar-refractivity contribution in [3.63, 3.8) is 0 Å². The molecule has 1 amide bonds. The molecule has 3 aromatic heterocycles. The normalized spacial score (nSPS) is 11.9. The summed E-state index contributed by atoms with van der Waals surface area (Å²) in [5.74, 6) is 1.59. The Hall–Kier alpha value is -3.35. The fourth-order valence-electron chi connectivity index (χ4n) is 3.11. The number of carbonyl (C=O) groups is 1. The van der Waals surface area contributed by atoms with Gasteiger partial charge in [-0.05, 0) is 42.2 Å². The molecular formula is C23H28N6O. The van der Waals surface area contributed by atoms with Crippen LogP contribution >= 0.6 is 0 Å². The van der Waals surface area contributed by atoms with Crippen LogP contribution in [0.1, 0.15) is 37.6 Å². The van der Waals surface area contributed by atoms with Crippen molar-refractivity contribution in [2.75, 3.05) is 19.0 Å². The van der Waals surface area contributed by atoms with Crippen LogP contribution in [0.25, 0.3) is 11.4 Å². The van der Waals surface area contributed by atoms with Crippen LogP contribution < -0.4 is 10.2 Å². The molecule has 3 rings (SSSR count). The second-order valence-corrected chi connectivity index (χ2v) is 7.75. The quantitative estimate of drug-likeness (QED) is 0.619. The number of anilines is 1. The smallest absolute Gasteiger partial charge is 0.220 e. The lowest BCUT2D eigenvalue weighted by Crippen LogP contribution is -2.33. The Labute approximate surface area is 177 Å². The van der Waals surface area contributed by atoms with Gasteiger partial charge in [0.2, 0.25) is 5.91 Å². The molecule has 3 heterocycles. The second-order valence-electron chi connectivity index (χ2n) is 7.75. The largest absolute Gasteiger partial charge is 0.363 e. The van der Waals surface area contributed by atoms with Gasteiger partial charge < -0.3 is 10.2 Å². The third-order valence-corrected chi connectivity index (χ3v) is 4.82. The van der Waals surface area contributed by atoms with Gasteiger partial charge in [0.25, 0.3) is 0 Å². The number of nitrogens with one attached hydrogen (secondary N) is 1. The van der Waals surface area contributed by atoms with Gasteiger partial charge in [-0.2, -0.15) is 0 Å². The van der Waals surface area contributed by atoms with E-state index in [1.807, 2.05) is 49.3 Å². The zero-order valence-electron chi connectivity index (χ0n) is 17.9. The number of nitrogens with zero attached hydrogens (tertiary/aromatic N) is 5. The number of pyridine rings is 2. The molecule has 3 aromatic rings.